The lowest BCUT2D eigenvalue weighted by Crippen LogP contribution is -2.20. The van der Waals surface area contributed by atoms with Crippen LogP contribution in [0.1, 0.15) is 32.6 Å². The number of likely N-dealkylation sites (N-methyl/N-ethyl adjacent to an activating group) is 1. The molecule has 1 heteroatoms. The van der Waals surface area contributed by atoms with Gasteiger partial charge in [-0.15, -0.1) is 0 Å². The van der Waals surface area contributed by atoms with E-state index in [9.17, 15) is 0 Å². The molecule has 1 aliphatic carbocycles. The highest BCUT2D eigenvalue weighted by molar-refractivity contribution is 5.45. The minimum Gasteiger partial charge on any atom is -0.375 e. The fourth-order valence-electron chi connectivity index (χ4n) is 1.95. The number of allylic oxidation sites excluding steroid dienone is 5. The maximum Gasteiger partial charge on any atom is 0.0329 e. The van der Waals surface area contributed by atoms with Gasteiger partial charge in [-0.1, -0.05) is 44.7 Å². The number of nitrogens with zero attached hydrogens (tertiary/aromatic N) is 1. The van der Waals surface area contributed by atoms with E-state index in [1.165, 1.54) is 24.0 Å². The molecular weight excluding hydrogens is 194 g/mol. The summed E-state index contributed by atoms with van der Waals surface area (Å²) in [5, 5.41) is 0. The largest absolute Gasteiger partial charge is 0.375 e. The van der Waals surface area contributed by atoms with E-state index in [4.69, 9.17) is 0 Å². The van der Waals surface area contributed by atoms with Gasteiger partial charge in [0.05, 0.1) is 0 Å². The Kier molecular flexibility index (Phi) is 5.10. The quantitative estimate of drug-likeness (QED) is 0.648. The number of unbranched alkanes of at least 4 members (excludes halogenated alkanes) is 1. The summed E-state index contributed by atoms with van der Waals surface area (Å²) in [6.45, 7) is 11.4. The first-order chi connectivity index (χ1) is 7.70. The molecule has 0 spiro atoms. The van der Waals surface area contributed by atoms with Crippen molar-refractivity contribution in [2.24, 2.45) is 0 Å². The second-order valence-corrected chi connectivity index (χ2v) is 4.30. The molecule has 1 rings (SSSR count). The molecule has 0 N–H and O–H groups in total. The minimum absolute atomic E-state index is 1.09. The highest BCUT2D eigenvalue weighted by atomic mass is 15.1. The Hall–Kier alpha value is -1.24. The molecule has 0 aromatic rings. The average Bonchev–Trinajstić information content (AvgIpc) is 2.34. The zero-order valence-corrected chi connectivity index (χ0v) is 10.6. The fourth-order valence-corrected chi connectivity index (χ4v) is 1.95. The van der Waals surface area contributed by atoms with Gasteiger partial charge in [0, 0.05) is 19.3 Å². The molecule has 0 atom stereocenters. The zero-order valence-electron chi connectivity index (χ0n) is 10.6. The molecule has 0 heterocycles. The van der Waals surface area contributed by atoms with E-state index < -0.39 is 0 Å². The van der Waals surface area contributed by atoms with Crippen LogP contribution in [-0.2, 0) is 0 Å². The predicted octanol–water partition coefficient (Wildman–Crippen LogP) is 4.06. The van der Waals surface area contributed by atoms with E-state index in [2.05, 4.69) is 44.2 Å². The first kappa shape index (κ1) is 12.8. The van der Waals surface area contributed by atoms with Crippen LogP contribution in [0.2, 0.25) is 0 Å². The monoisotopic (exact) mass is 217 g/mol. The van der Waals surface area contributed by atoms with Gasteiger partial charge in [0.25, 0.3) is 0 Å². The summed E-state index contributed by atoms with van der Waals surface area (Å²) in [7, 11) is 2.13. The summed E-state index contributed by atoms with van der Waals surface area (Å²) in [4.78, 5) is 2.27. The summed E-state index contributed by atoms with van der Waals surface area (Å²) in [5.74, 6) is 0. The summed E-state index contributed by atoms with van der Waals surface area (Å²) >= 11 is 0. The molecule has 0 aromatic carbocycles. The van der Waals surface area contributed by atoms with Gasteiger partial charge in [0.2, 0.25) is 0 Å². The fraction of sp³-hybridized carbons (Fsp3) is 0.467. The third-order valence-corrected chi connectivity index (χ3v) is 3.08. The maximum atomic E-state index is 4.22. The Labute approximate surface area is 99.8 Å². The number of hydrogen-bond acceptors (Lipinski definition) is 1. The first-order valence-electron chi connectivity index (χ1n) is 6.13. The van der Waals surface area contributed by atoms with Gasteiger partial charge in [-0.25, -0.2) is 0 Å². The first-order valence-corrected chi connectivity index (χ1v) is 6.13. The third-order valence-electron chi connectivity index (χ3n) is 3.08. The lowest BCUT2D eigenvalue weighted by Gasteiger charge is -2.26. The molecule has 1 aliphatic rings. The Morgan fingerprint density at radius 1 is 1.56 bits per heavy atom. The normalized spacial score (nSPS) is 15.1. The number of rotatable bonds is 6. The van der Waals surface area contributed by atoms with E-state index in [0.29, 0.717) is 0 Å². The van der Waals surface area contributed by atoms with E-state index >= 15 is 0 Å². The van der Waals surface area contributed by atoms with Gasteiger partial charge in [0.1, 0.15) is 0 Å². The second kappa shape index (κ2) is 6.37. The lowest BCUT2D eigenvalue weighted by atomic mass is 9.95. The lowest BCUT2D eigenvalue weighted by molar-refractivity contribution is 0.411. The smallest absolute Gasteiger partial charge is 0.0329 e. The van der Waals surface area contributed by atoms with Gasteiger partial charge in [0.15, 0.2) is 0 Å². The minimum atomic E-state index is 1.09. The van der Waals surface area contributed by atoms with Crippen molar-refractivity contribution in [1.82, 2.24) is 4.90 Å². The topological polar surface area (TPSA) is 3.24 Å². The van der Waals surface area contributed by atoms with Crippen LogP contribution >= 0.6 is 0 Å². The molecule has 0 bridgehead atoms. The van der Waals surface area contributed by atoms with Gasteiger partial charge >= 0.3 is 0 Å². The molecule has 0 saturated carbocycles. The van der Waals surface area contributed by atoms with Crippen LogP contribution in [0, 0.1) is 0 Å². The Morgan fingerprint density at radius 3 is 2.94 bits per heavy atom. The Balaban J connectivity index is 2.74. The van der Waals surface area contributed by atoms with Crippen LogP contribution in [0.5, 0.6) is 0 Å². The summed E-state index contributed by atoms with van der Waals surface area (Å²) < 4.78 is 0. The maximum absolute atomic E-state index is 4.22. The van der Waals surface area contributed by atoms with Gasteiger partial charge in [-0.05, 0) is 30.4 Å². The van der Waals surface area contributed by atoms with E-state index in [0.717, 1.165) is 25.1 Å². The molecule has 0 saturated heterocycles. The molecule has 88 valence electrons. The van der Waals surface area contributed by atoms with E-state index in [1.54, 1.807) is 0 Å². The van der Waals surface area contributed by atoms with Crippen molar-refractivity contribution >= 4 is 0 Å². The van der Waals surface area contributed by atoms with Crippen molar-refractivity contribution in [2.75, 3.05) is 13.6 Å². The molecule has 0 aromatic heterocycles. The van der Waals surface area contributed by atoms with E-state index in [-0.39, 0.29) is 0 Å². The highest BCUT2D eigenvalue weighted by Gasteiger charge is 2.12. The Bertz CT molecular complexity index is 320. The molecule has 0 radical (unpaired) electrons. The van der Waals surface area contributed by atoms with Crippen molar-refractivity contribution in [1.29, 1.82) is 0 Å². The van der Waals surface area contributed by atoms with Crippen molar-refractivity contribution in [3.05, 3.63) is 48.2 Å². The summed E-state index contributed by atoms with van der Waals surface area (Å²) in [6.07, 6.45) is 11.0. The van der Waals surface area contributed by atoms with Crippen LogP contribution in [0.25, 0.3) is 0 Å². The van der Waals surface area contributed by atoms with Gasteiger partial charge in [-0.2, -0.15) is 0 Å². The zero-order chi connectivity index (χ0) is 12.0. The van der Waals surface area contributed by atoms with Crippen LogP contribution in [0.15, 0.2) is 48.2 Å². The van der Waals surface area contributed by atoms with Crippen molar-refractivity contribution in [3.63, 3.8) is 0 Å². The highest BCUT2D eigenvalue weighted by Crippen LogP contribution is 2.26. The van der Waals surface area contributed by atoms with Gasteiger partial charge < -0.3 is 4.90 Å². The van der Waals surface area contributed by atoms with Crippen LogP contribution in [0.3, 0.4) is 0 Å². The van der Waals surface area contributed by atoms with Crippen LogP contribution < -0.4 is 0 Å². The molecule has 0 fully saturated rings. The van der Waals surface area contributed by atoms with Crippen molar-refractivity contribution in [3.8, 4) is 0 Å². The SMILES string of the molecule is C=CC1=C(C(=C)N(C)CCCC)CCC=C1. The molecule has 0 aliphatic heterocycles. The Morgan fingerprint density at radius 2 is 2.31 bits per heavy atom. The molecular formula is C15H23N. The molecule has 0 amide bonds. The standard InChI is InChI=1S/C15H23N/c1-5-7-12-16(4)13(3)15-11-9-8-10-14(15)6-2/h6,8,10H,2-3,5,7,9,11-12H2,1,4H3. The number of hydrogen-bond donors (Lipinski definition) is 0. The molecule has 16 heavy (non-hydrogen) atoms. The summed E-state index contributed by atoms with van der Waals surface area (Å²) in [5.41, 5.74) is 3.75. The van der Waals surface area contributed by atoms with E-state index in [1.807, 2.05) is 6.08 Å². The van der Waals surface area contributed by atoms with Crippen molar-refractivity contribution in [2.45, 2.75) is 32.6 Å². The molecule has 0 unspecified atom stereocenters. The van der Waals surface area contributed by atoms with Gasteiger partial charge in [-0.3, -0.25) is 0 Å². The predicted molar refractivity (Wildman–Crippen MR) is 72.3 cm³/mol. The average molecular weight is 217 g/mol. The van der Waals surface area contributed by atoms with Crippen LogP contribution in [0.4, 0.5) is 0 Å². The third kappa shape index (κ3) is 3.13. The molecule has 1 nitrogen and oxygen atoms in total. The van der Waals surface area contributed by atoms with Crippen LogP contribution in [-0.4, -0.2) is 18.5 Å². The summed E-state index contributed by atoms with van der Waals surface area (Å²) in [6, 6.07) is 0. The second-order valence-electron chi connectivity index (χ2n) is 4.30. The van der Waals surface area contributed by atoms with Crippen molar-refractivity contribution < 1.29 is 0 Å².